The number of ether oxygens (including phenoxy) is 2. The van der Waals surface area contributed by atoms with Crippen LogP contribution in [0, 0.1) is 5.82 Å². The minimum absolute atomic E-state index is 0.0196. The highest BCUT2D eigenvalue weighted by atomic mass is 19.1. The van der Waals surface area contributed by atoms with E-state index < -0.39 is 35.9 Å². The van der Waals surface area contributed by atoms with E-state index in [-0.39, 0.29) is 18.8 Å². The number of benzene rings is 2. The second kappa shape index (κ2) is 8.64. The van der Waals surface area contributed by atoms with Crippen molar-refractivity contribution in [2.24, 2.45) is 0 Å². The van der Waals surface area contributed by atoms with Crippen molar-refractivity contribution in [1.29, 1.82) is 0 Å². The monoisotopic (exact) mass is 373 g/mol. The lowest BCUT2D eigenvalue weighted by molar-refractivity contribution is -0.152. The van der Waals surface area contributed by atoms with Crippen molar-refractivity contribution in [3.8, 4) is 5.75 Å². The van der Waals surface area contributed by atoms with Crippen LogP contribution in [0.2, 0.25) is 0 Å². The molecule has 2 aromatic rings. The summed E-state index contributed by atoms with van der Waals surface area (Å²) in [6, 6.07) is 14.6. The first-order valence-corrected chi connectivity index (χ1v) is 8.65. The van der Waals surface area contributed by atoms with Crippen LogP contribution in [-0.2, 0) is 14.3 Å². The molecule has 1 unspecified atom stereocenters. The van der Waals surface area contributed by atoms with Crippen molar-refractivity contribution in [3.05, 3.63) is 66.0 Å². The van der Waals surface area contributed by atoms with Gasteiger partial charge in [-0.25, -0.2) is 9.18 Å². The van der Waals surface area contributed by atoms with E-state index in [0.717, 1.165) is 5.56 Å². The Hall–Kier alpha value is -2.93. The fourth-order valence-corrected chi connectivity index (χ4v) is 2.92. The fourth-order valence-electron chi connectivity index (χ4n) is 2.92. The van der Waals surface area contributed by atoms with Crippen LogP contribution in [0.15, 0.2) is 54.6 Å². The number of amides is 1. The van der Waals surface area contributed by atoms with Crippen molar-refractivity contribution in [3.63, 3.8) is 0 Å². The Morgan fingerprint density at radius 2 is 1.78 bits per heavy atom. The molecule has 3 rings (SSSR count). The first-order chi connectivity index (χ1) is 13.0. The third-order valence-electron chi connectivity index (χ3n) is 4.35. The van der Waals surface area contributed by atoms with Gasteiger partial charge in [0.05, 0.1) is 6.04 Å². The van der Waals surface area contributed by atoms with Gasteiger partial charge in [0.1, 0.15) is 12.7 Å². The number of rotatable bonds is 7. The number of hydrogen-bond acceptors (Lipinski definition) is 4. The predicted octanol–water partition coefficient (Wildman–Crippen LogP) is 2.69. The second-order valence-electron chi connectivity index (χ2n) is 6.24. The summed E-state index contributed by atoms with van der Waals surface area (Å²) >= 11 is 0. The summed E-state index contributed by atoms with van der Waals surface area (Å²) < 4.78 is 24.6. The molecular weight excluding hydrogens is 353 g/mol. The first kappa shape index (κ1) is 18.8. The number of halogens is 1. The molecule has 1 fully saturated rings. The number of aliphatic carboxylic acids is 1. The minimum Gasteiger partial charge on any atom is -0.488 e. The van der Waals surface area contributed by atoms with Crippen LogP contribution >= 0.6 is 0 Å². The maximum atomic E-state index is 13.8. The van der Waals surface area contributed by atoms with E-state index in [1.54, 1.807) is 12.1 Å². The van der Waals surface area contributed by atoms with Crippen molar-refractivity contribution < 1.29 is 28.6 Å². The van der Waals surface area contributed by atoms with Gasteiger partial charge in [-0.1, -0.05) is 42.5 Å². The summed E-state index contributed by atoms with van der Waals surface area (Å²) in [7, 11) is 0. The first-order valence-electron chi connectivity index (χ1n) is 8.65. The van der Waals surface area contributed by atoms with Crippen molar-refractivity contribution in [2.75, 3.05) is 6.61 Å². The molecule has 1 amide bonds. The van der Waals surface area contributed by atoms with E-state index in [4.69, 9.17) is 14.6 Å². The Bertz CT molecular complexity index is 798. The molecule has 0 spiro atoms. The summed E-state index contributed by atoms with van der Waals surface area (Å²) in [6.07, 6.45) is -1.18. The molecule has 0 saturated carbocycles. The van der Waals surface area contributed by atoms with Gasteiger partial charge in [0.25, 0.3) is 0 Å². The Morgan fingerprint density at radius 1 is 1.11 bits per heavy atom. The lowest BCUT2D eigenvalue weighted by Crippen LogP contribution is -2.40. The van der Waals surface area contributed by atoms with Gasteiger partial charge in [-0.3, -0.25) is 4.79 Å². The molecule has 6 nitrogen and oxygen atoms in total. The van der Waals surface area contributed by atoms with E-state index in [0.29, 0.717) is 6.42 Å². The third-order valence-corrected chi connectivity index (χ3v) is 4.35. The van der Waals surface area contributed by atoms with Gasteiger partial charge in [-0.05, 0) is 30.5 Å². The number of nitrogens with one attached hydrogen (secondary N) is 1. The Kier molecular flexibility index (Phi) is 6.03. The lowest BCUT2D eigenvalue weighted by Gasteiger charge is -2.22. The SMILES string of the molecule is O=C(NC(COc1ccccc1F)c1ccccc1)[C@@H]1CC[C@H](C(=O)O)O1. The molecule has 0 aromatic heterocycles. The number of carbonyl (C=O) groups is 2. The number of carboxylic acids is 1. The van der Waals surface area contributed by atoms with Crippen LogP contribution in [0.25, 0.3) is 0 Å². The van der Waals surface area contributed by atoms with Crippen LogP contribution in [0.4, 0.5) is 4.39 Å². The number of carboxylic acid groups (broad SMARTS) is 1. The largest absolute Gasteiger partial charge is 0.488 e. The van der Waals surface area contributed by atoms with E-state index >= 15 is 0 Å². The number of carbonyl (C=O) groups excluding carboxylic acids is 1. The van der Waals surface area contributed by atoms with Crippen LogP contribution < -0.4 is 10.1 Å². The van der Waals surface area contributed by atoms with Crippen molar-refractivity contribution >= 4 is 11.9 Å². The van der Waals surface area contributed by atoms with Gasteiger partial charge in [-0.2, -0.15) is 0 Å². The smallest absolute Gasteiger partial charge is 0.332 e. The van der Waals surface area contributed by atoms with Crippen molar-refractivity contribution in [1.82, 2.24) is 5.32 Å². The predicted molar refractivity (Wildman–Crippen MR) is 94.8 cm³/mol. The van der Waals surface area contributed by atoms with E-state index in [2.05, 4.69) is 5.32 Å². The highest BCUT2D eigenvalue weighted by molar-refractivity contribution is 5.83. The molecule has 7 heteroatoms. The quantitative estimate of drug-likeness (QED) is 0.780. The van der Waals surface area contributed by atoms with Gasteiger partial charge < -0.3 is 19.9 Å². The molecule has 142 valence electrons. The van der Waals surface area contributed by atoms with E-state index in [1.807, 2.05) is 30.3 Å². The van der Waals surface area contributed by atoms with Gasteiger partial charge >= 0.3 is 5.97 Å². The highest BCUT2D eigenvalue weighted by Gasteiger charge is 2.35. The van der Waals surface area contributed by atoms with Crippen LogP contribution in [0.5, 0.6) is 5.75 Å². The number of hydrogen-bond donors (Lipinski definition) is 2. The molecule has 1 aliphatic heterocycles. The highest BCUT2D eigenvalue weighted by Crippen LogP contribution is 2.23. The van der Waals surface area contributed by atoms with Crippen LogP contribution in [0.3, 0.4) is 0 Å². The van der Waals surface area contributed by atoms with Gasteiger partial charge in [0.2, 0.25) is 5.91 Å². The summed E-state index contributed by atoms with van der Waals surface area (Å²) in [4.78, 5) is 23.5. The standard InChI is InChI=1S/C20H20FNO5/c21-14-8-4-5-9-16(14)26-12-15(13-6-2-1-3-7-13)22-19(23)17-10-11-18(27-17)20(24)25/h1-9,15,17-18H,10-12H2,(H,22,23)(H,24,25)/t15?,17-,18+/m0/s1. The molecule has 27 heavy (non-hydrogen) atoms. The second-order valence-corrected chi connectivity index (χ2v) is 6.24. The molecular formula is C20H20FNO5. The Labute approximate surface area is 155 Å². The minimum atomic E-state index is -1.08. The molecule has 2 aromatic carbocycles. The zero-order valence-corrected chi connectivity index (χ0v) is 14.5. The molecule has 0 bridgehead atoms. The molecule has 2 N–H and O–H groups in total. The molecule has 0 radical (unpaired) electrons. The fraction of sp³-hybridized carbons (Fsp3) is 0.300. The lowest BCUT2D eigenvalue weighted by atomic mass is 10.1. The maximum Gasteiger partial charge on any atom is 0.332 e. The molecule has 1 heterocycles. The summed E-state index contributed by atoms with van der Waals surface area (Å²) in [5, 5.41) is 11.8. The van der Waals surface area contributed by atoms with Gasteiger partial charge in [-0.15, -0.1) is 0 Å². The summed E-state index contributed by atoms with van der Waals surface area (Å²) in [6.45, 7) is 0.0196. The maximum absolute atomic E-state index is 13.8. The van der Waals surface area contributed by atoms with Gasteiger partial charge in [0.15, 0.2) is 17.7 Å². The zero-order chi connectivity index (χ0) is 19.2. The topological polar surface area (TPSA) is 84.9 Å². The summed E-state index contributed by atoms with van der Waals surface area (Å²) in [5.74, 6) is -1.88. The molecule has 1 saturated heterocycles. The van der Waals surface area contributed by atoms with E-state index in [9.17, 15) is 14.0 Å². The molecule has 0 aliphatic carbocycles. The average Bonchev–Trinajstić information content (AvgIpc) is 3.17. The molecule has 1 aliphatic rings. The number of para-hydroxylation sites is 1. The third kappa shape index (κ3) is 4.83. The summed E-state index contributed by atoms with van der Waals surface area (Å²) in [5.41, 5.74) is 0.787. The molecule has 3 atom stereocenters. The Balaban J connectivity index is 1.68. The Morgan fingerprint density at radius 3 is 2.44 bits per heavy atom. The average molecular weight is 373 g/mol. The van der Waals surface area contributed by atoms with E-state index in [1.165, 1.54) is 12.1 Å². The van der Waals surface area contributed by atoms with Crippen LogP contribution in [-0.4, -0.2) is 35.8 Å². The zero-order valence-electron chi connectivity index (χ0n) is 14.5. The van der Waals surface area contributed by atoms with Gasteiger partial charge in [0, 0.05) is 0 Å². The normalized spacial score (nSPS) is 20.0. The van der Waals surface area contributed by atoms with Crippen LogP contribution in [0.1, 0.15) is 24.4 Å². The van der Waals surface area contributed by atoms with Crippen molar-refractivity contribution in [2.45, 2.75) is 31.1 Å².